The number of hydrogen-bond acceptors (Lipinski definition) is 5. The molecule has 1 aliphatic rings. The summed E-state index contributed by atoms with van der Waals surface area (Å²) in [6.45, 7) is 6.32. The van der Waals surface area contributed by atoms with Gasteiger partial charge in [-0.3, -0.25) is 19.8 Å². The molecule has 9 heteroatoms. The molecule has 6 amide bonds. The molecule has 0 radical (unpaired) electrons. The molecule has 28 heavy (non-hydrogen) atoms. The summed E-state index contributed by atoms with van der Waals surface area (Å²) in [6.07, 6.45) is 0.199. The summed E-state index contributed by atoms with van der Waals surface area (Å²) in [5.41, 5.74) is -1.00. The van der Waals surface area contributed by atoms with E-state index in [1.807, 2.05) is 6.07 Å². The van der Waals surface area contributed by atoms with Crippen LogP contribution in [-0.4, -0.2) is 53.5 Å². The normalized spacial score (nSPS) is 19.2. The highest BCUT2D eigenvalue weighted by atomic mass is 16.5. The number of ether oxygens (including phenoxy) is 1. The molecule has 152 valence electrons. The molecule has 0 aromatic heterocycles. The second kappa shape index (κ2) is 7.87. The van der Waals surface area contributed by atoms with Gasteiger partial charge in [0, 0.05) is 12.0 Å². The first kappa shape index (κ1) is 21.2. The Labute approximate surface area is 163 Å². The third kappa shape index (κ3) is 4.99. The van der Waals surface area contributed by atoms with E-state index in [1.54, 1.807) is 45.9 Å². The average molecular weight is 390 g/mol. The van der Waals surface area contributed by atoms with Crippen LogP contribution in [0.2, 0.25) is 0 Å². The van der Waals surface area contributed by atoms with Crippen LogP contribution in [0, 0.1) is 0 Å². The first-order chi connectivity index (χ1) is 12.9. The van der Waals surface area contributed by atoms with E-state index in [4.69, 9.17) is 4.74 Å². The van der Waals surface area contributed by atoms with Crippen molar-refractivity contribution in [3.8, 4) is 5.75 Å². The molecule has 1 heterocycles. The molecule has 0 spiro atoms. The van der Waals surface area contributed by atoms with Crippen molar-refractivity contribution in [2.45, 2.75) is 45.2 Å². The topological polar surface area (TPSA) is 117 Å². The lowest BCUT2D eigenvalue weighted by atomic mass is 9.92. The molecule has 1 saturated heterocycles. The second-order valence-electron chi connectivity index (χ2n) is 7.89. The van der Waals surface area contributed by atoms with Crippen molar-refractivity contribution in [1.29, 1.82) is 0 Å². The van der Waals surface area contributed by atoms with Crippen LogP contribution >= 0.6 is 0 Å². The summed E-state index contributed by atoms with van der Waals surface area (Å²) in [7, 11) is 1.52. The van der Waals surface area contributed by atoms with E-state index in [0.717, 1.165) is 10.5 Å². The Bertz CT molecular complexity index is 802. The number of urea groups is 2. The van der Waals surface area contributed by atoms with E-state index in [-0.39, 0.29) is 6.42 Å². The third-order valence-corrected chi connectivity index (χ3v) is 4.12. The first-order valence-electron chi connectivity index (χ1n) is 8.83. The van der Waals surface area contributed by atoms with Gasteiger partial charge in [-0.05, 0) is 39.3 Å². The van der Waals surface area contributed by atoms with Crippen molar-refractivity contribution in [3.63, 3.8) is 0 Å². The minimum Gasteiger partial charge on any atom is -0.496 e. The third-order valence-electron chi connectivity index (χ3n) is 4.12. The molecule has 1 fully saturated rings. The van der Waals surface area contributed by atoms with Crippen LogP contribution in [0.4, 0.5) is 9.59 Å². The van der Waals surface area contributed by atoms with Crippen LogP contribution in [-0.2, 0) is 16.0 Å². The molecule has 0 saturated carbocycles. The summed E-state index contributed by atoms with van der Waals surface area (Å²) >= 11 is 0. The van der Waals surface area contributed by atoms with Crippen LogP contribution in [0.3, 0.4) is 0 Å². The number of carbonyl (C=O) groups is 4. The maximum absolute atomic E-state index is 12.8. The maximum Gasteiger partial charge on any atom is 0.325 e. The molecule has 1 atom stereocenters. The molecule has 1 aromatic rings. The zero-order chi connectivity index (χ0) is 21.1. The fraction of sp³-hybridized carbons (Fsp3) is 0.474. The highest BCUT2D eigenvalue weighted by molar-refractivity contribution is 6.10. The summed E-state index contributed by atoms with van der Waals surface area (Å²) < 4.78 is 5.29. The predicted octanol–water partition coefficient (Wildman–Crippen LogP) is 1.17. The Balaban J connectivity index is 2.06. The van der Waals surface area contributed by atoms with E-state index < -0.39 is 41.5 Å². The van der Waals surface area contributed by atoms with Gasteiger partial charge in [0.15, 0.2) is 0 Å². The lowest BCUT2D eigenvalue weighted by Crippen LogP contribution is -2.51. The fourth-order valence-electron chi connectivity index (χ4n) is 2.92. The number of methoxy groups -OCH3 is 1. The number of nitrogens with zero attached hydrogens (tertiary/aromatic N) is 1. The molecule has 0 unspecified atom stereocenters. The monoisotopic (exact) mass is 390 g/mol. The van der Waals surface area contributed by atoms with Crippen molar-refractivity contribution in [1.82, 2.24) is 20.9 Å². The SMILES string of the molecule is COc1ccccc1C[C@@]1(C)NC(=O)N(CC(=O)NC(=O)NC(C)(C)C)C1=O. The van der Waals surface area contributed by atoms with Crippen molar-refractivity contribution in [2.24, 2.45) is 0 Å². The summed E-state index contributed by atoms with van der Waals surface area (Å²) in [4.78, 5) is 49.8. The quantitative estimate of drug-likeness (QED) is 0.653. The number of imide groups is 2. The van der Waals surface area contributed by atoms with Gasteiger partial charge in [-0.15, -0.1) is 0 Å². The number of benzene rings is 1. The second-order valence-corrected chi connectivity index (χ2v) is 7.89. The van der Waals surface area contributed by atoms with Crippen molar-refractivity contribution < 1.29 is 23.9 Å². The van der Waals surface area contributed by atoms with Crippen LogP contribution in [0.5, 0.6) is 5.75 Å². The molecule has 0 bridgehead atoms. The largest absolute Gasteiger partial charge is 0.496 e. The molecule has 1 aliphatic heterocycles. The lowest BCUT2D eigenvalue weighted by molar-refractivity contribution is -0.134. The highest BCUT2D eigenvalue weighted by Gasteiger charge is 2.48. The van der Waals surface area contributed by atoms with E-state index in [2.05, 4.69) is 16.0 Å². The zero-order valence-corrected chi connectivity index (χ0v) is 16.7. The number of para-hydroxylation sites is 1. The molecular weight excluding hydrogens is 364 g/mol. The van der Waals surface area contributed by atoms with E-state index in [9.17, 15) is 19.2 Å². The Morgan fingerprint density at radius 3 is 2.46 bits per heavy atom. The van der Waals surface area contributed by atoms with Crippen molar-refractivity contribution in [2.75, 3.05) is 13.7 Å². The fourth-order valence-corrected chi connectivity index (χ4v) is 2.92. The van der Waals surface area contributed by atoms with Crippen LogP contribution in [0.15, 0.2) is 24.3 Å². The zero-order valence-electron chi connectivity index (χ0n) is 16.7. The van der Waals surface area contributed by atoms with Gasteiger partial charge in [0.25, 0.3) is 5.91 Å². The summed E-state index contributed by atoms with van der Waals surface area (Å²) in [6, 6.07) is 5.80. The average Bonchev–Trinajstić information content (AvgIpc) is 2.76. The molecule has 2 rings (SSSR count). The Morgan fingerprint density at radius 1 is 1.21 bits per heavy atom. The molecule has 0 aliphatic carbocycles. The minimum atomic E-state index is -1.22. The van der Waals surface area contributed by atoms with Gasteiger partial charge >= 0.3 is 12.1 Å². The van der Waals surface area contributed by atoms with Gasteiger partial charge in [-0.2, -0.15) is 0 Å². The maximum atomic E-state index is 12.8. The van der Waals surface area contributed by atoms with Crippen molar-refractivity contribution in [3.05, 3.63) is 29.8 Å². The summed E-state index contributed by atoms with van der Waals surface area (Å²) in [5.74, 6) is -0.706. The first-order valence-corrected chi connectivity index (χ1v) is 8.83. The van der Waals surface area contributed by atoms with Crippen LogP contribution < -0.4 is 20.7 Å². The Morgan fingerprint density at radius 2 is 1.86 bits per heavy atom. The van der Waals surface area contributed by atoms with E-state index in [1.165, 1.54) is 7.11 Å². The standard InChI is InChI=1S/C19H26N4O5/c1-18(2,3)21-16(26)20-14(24)11-23-15(25)19(4,22-17(23)27)10-12-8-6-7-9-13(12)28-5/h6-9H,10-11H2,1-5H3,(H,22,27)(H2,20,21,24,26)/t19-/m1/s1. The van der Waals surface area contributed by atoms with E-state index >= 15 is 0 Å². The number of rotatable bonds is 5. The number of hydrogen-bond donors (Lipinski definition) is 3. The summed E-state index contributed by atoms with van der Waals surface area (Å²) in [5, 5.41) is 7.32. The van der Waals surface area contributed by atoms with Gasteiger partial charge in [-0.25, -0.2) is 9.59 Å². The van der Waals surface area contributed by atoms with Crippen LogP contribution in [0.25, 0.3) is 0 Å². The van der Waals surface area contributed by atoms with Gasteiger partial charge in [0.2, 0.25) is 5.91 Å². The number of amides is 6. The Kier molecular flexibility index (Phi) is 5.96. The van der Waals surface area contributed by atoms with Gasteiger partial charge < -0.3 is 15.4 Å². The smallest absolute Gasteiger partial charge is 0.325 e. The van der Waals surface area contributed by atoms with Crippen LogP contribution in [0.1, 0.15) is 33.3 Å². The Hall–Kier alpha value is -3.10. The van der Waals surface area contributed by atoms with Gasteiger partial charge in [-0.1, -0.05) is 18.2 Å². The van der Waals surface area contributed by atoms with Gasteiger partial charge in [0.1, 0.15) is 17.8 Å². The highest BCUT2D eigenvalue weighted by Crippen LogP contribution is 2.27. The molecule has 1 aromatic carbocycles. The lowest BCUT2D eigenvalue weighted by Gasteiger charge is -2.23. The van der Waals surface area contributed by atoms with Gasteiger partial charge in [0.05, 0.1) is 7.11 Å². The minimum absolute atomic E-state index is 0.199. The van der Waals surface area contributed by atoms with E-state index in [0.29, 0.717) is 5.75 Å². The molecular formula is C19H26N4O5. The molecule has 3 N–H and O–H groups in total. The van der Waals surface area contributed by atoms with Crippen molar-refractivity contribution >= 4 is 23.9 Å². The number of nitrogens with one attached hydrogen (secondary N) is 3. The predicted molar refractivity (Wildman–Crippen MR) is 102 cm³/mol. The number of carbonyl (C=O) groups excluding carboxylic acids is 4. The molecule has 9 nitrogen and oxygen atoms in total.